The van der Waals surface area contributed by atoms with Gasteiger partial charge in [-0.25, -0.2) is 0 Å². The molecule has 0 aliphatic heterocycles. The minimum absolute atomic E-state index is 0.109. The second-order valence-corrected chi connectivity index (χ2v) is 7.53. The van der Waals surface area contributed by atoms with Gasteiger partial charge in [0.25, 0.3) is 0 Å². The number of thioether (sulfide) groups is 1. The first kappa shape index (κ1) is 16.1. The van der Waals surface area contributed by atoms with Gasteiger partial charge in [-0.2, -0.15) is 11.3 Å². The molecule has 5 heteroatoms. The number of carbonyl (C=O) groups excluding carboxylic acids is 1. The monoisotopic (exact) mass is 357 g/mol. The van der Waals surface area contributed by atoms with E-state index < -0.39 is 0 Å². The molecule has 0 radical (unpaired) electrons. The topological polar surface area (TPSA) is 29.1 Å². The Morgan fingerprint density at radius 1 is 1.13 bits per heavy atom. The number of amides is 1. The van der Waals surface area contributed by atoms with Crippen molar-refractivity contribution < 1.29 is 4.79 Å². The Kier molecular flexibility index (Phi) is 5.69. The Labute approximate surface area is 147 Å². The van der Waals surface area contributed by atoms with E-state index in [0.29, 0.717) is 0 Å². The van der Waals surface area contributed by atoms with E-state index in [4.69, 9.17) is 0 Å². The largest absolute Gasteiger partial charge is 0.321 e. The molecular weight excluding hydrogens is 342 g/mol. The lowest BCUT2D eigenvalue weighted by molar-refractivity contribution is -0.111. The van der Waals surface area contributed by atoms with Gasteiger partial charge in [-0.1, -0.05) is 18.2 Å². The molecule has 2 heterocycles. The summed E-state index contributed by atoms with van der Waals surface area (Å²) < 4.78 is 0. The van der Waals surface area contributed by atoms with Crippen molar-refractivity contribution in [3.8, 4) is 0 Å². The number of hydrogen-bond acceptors (Lipinski definition) is 4. The molecule has 0 bridgehead atoms. The standard InChI is InChI=1S/C18H15NOS3/c20-18(8-7-15-4-3-10-22-15)19-16-5-1-2-6-17(16)23-13-14-9-11-21-12-14/h1-12H,13H2,(H,19,20)/b8-7+. The maximum Gasteiger partial charge on any atom is 0.248 e. The summed E-state index contributed by atoms with van der Waals surface area (Å²) in [6.07, 6.45) is 3.41. The van der Waals surface area contributed by atoms with Crippen molar-refractivity contribution in [1.82, 2.24) is 0 Å². The molecule has 0 aliphatic rings. The molecule has 0 saturated carbocycles. The fourth-order valence-electron chi connectivity index (χ4n) is 1.95. The third kappa shape index (κ3) is 4.82. The fourth-order valence-corrected chi connectivity index (χ4v) is 4.29. The molecule has 0 atom stereocenters. The van der Waals surface area contributed by atoms with E-state index in [9.17, 15) is 4.79 Å². The molecule has 1 aromatic carbocycles. The maximum absolute atomic E-state index is 12.1. The molecule has 0 fully saturated rings. The lowest BCUT2D eigenvalue weighted by Gasteiger charge is -2.09. The second kappa shape index (κ2) is 8.15. The van der Waals surface area contributed by atoms with Crippen LogP contribution < -0.4 is 5.32 Å². The fraction of sp³-hybridized carbons (Fsp3) is 0.0556. The van der Waals surface area contributed by atoms with Crippen LogP contribution in [-0.2, 0) is 10.5 Å². The van der Waals surface area contributed by atoms with Gasteiger partial charge in [-0.05, 0) is 52.0 Å². The third-order valence-electron chi connectivity index (χ3n) is 3.06. The number of thiophene rings is 2. The summed E-state index contributed by atoms with van der Waals surface area (Å²) in [7, 11) is 0. The van der Waals surface area contributed by atoms with Crippen molar-refractivity contribution in [2.45, 2.75) is 10.6 Å². The molecule has 1 N–H and O–H groups in total. The van der Waals surface area contributed by atoms with E-state index in [0.717, 1.165) is 21.2 Å². The first-order chi connectivity index (χ1) is 11.3. The highest BCUT2D eigenvalue weighted by molar-refractivity contribution is 7.98. The quantitative estimate of drug-likeness (QED) is 0.449. The average molecular weight is 358 g/mol. The van der Waals surface area contributed by atoms with Crippen LogP contribution in [0.1, 0.15) is 10.4 Å². The molecule has 0 aliphatic carbocycles. The molecule has 23 heavy (non-hydrogen) atoms. The third-order valence-corrected chi connectivity index (χ3v) is 5.78. The minimum atomic E-state index is -0.109. The van der Waals surface area contributed by atoms with Crippen LogP contribution in [0.4, 0.5) is 5.69 Å². The van der Waals surface area contributed by atoms with Gasteiger partial charge >= 0.3 is 0 Å². The Morgan fingerprint density at radius 2 is 2.04 bits per heavy atom. The molecule has 0 unspecified atom stereocenters. The summed E-state index contributed by atoms with van der Waals surface area (Å²) in [6, 6.07) is 14.0. The summed E-state index contributed by atoms with van der Waals surface area (Å²) in [6.45, 7) is 0. The van der Waals surface area contributed by atoms with Crippen molar-refractivity contribution in [3.05, 3.63) is 75.1 Å². The van der Waals surface area contributed by atoms with Crippen molar-refractivity contribution in [2.75, 3.05) is 5.32 Å². The Hall–Kier alpha value is -1.82. The van der Waals surface area contributed by atoms with E-state index in [-0.39, 0.29) is 5.91 Å². The van der Waals surface area contributed by atoms with E-state index in [2.05, 4.69) is 22.1 Å². The van der Waals surface area contributed by atoms with Crippen LogP contribution >= 0.6 is 34.4 Å². The van der Waals surface area contributed by atoms with Gasteiger partial charge < -0.3 is 5.32 Å². The molecule has 1 amide bonds. The molecule has 0 saturated heterocycles. The summed E-state index contributed by atoms with van der Waals surface area (Å²) in [4.78, 5) is 14.2. The number of benzene rings is 1. The summed E-state index contributed by atoms with van der Waals surface area (Å²) in [5.41, 5.74) is 2.16. The molecule has 116 valence electrons. The molecule has 0 spiro atoms. The van der Waals surface area contributed by atoms with Gasteiger partial charge in [0, 0.05) is 21.6 Å². The second-order valence-electron chi connectivity index (χ2n) is 4.75. The SMILES string of the molecule is O=C(/C=C/c1cccs1)Nc1ccccc1SCc1ccsc1. The number of carbonyl (C=O) groups is 1. The lowest BCUT2D eigenvalue weighted by Crippen LogP contribution is -2.08. The zero-order chi connectivity index (χ0) is 15.9. The van der Waals surface area contributed by atoms with Gasteiger partial charge in [-0.15, -0.1) is 23.1 Å². The van der Waals surface area contributed by atoms with E-state index >= 15 is 0 Å². The molecule has 3 aromatic rings. The number of anilines is 1. The van der Waals surface area contributed by atoms with Gasteiger partial charge in [0.2, 0.25) is 5.91 Å². The van der Waals surface area contributed by atoms with Gasteiger partial charge in [-0.3, -0.25) is 4.79 Å². The maximum atomic E-state index is 12.1. The lowest BCUT2D eigenvalue weighted by atomic mass is 10.3. The number of para-hydroxylation sites is 1. The van der Waals surface area contributed by atoms with Crippen molar-refractivity contribution in [2.24, 2.45) is 0 Å². The summed E-state index contributed by atoms with van der Waals surface area (Å²) in [5.74, 6) is 0.795. The van der Waals surface area contributed by atoms with Gasteiger partial charge in [0.05, 0.1) is 5.69 Å². The molecule has 2 aromatic heterocycles. The number of rotatable bonds is 6. The first-order valence-corrected chi connectivity index (χ1v) is 9.87. The highest BCUT2D eigenvalue weighted by Gasteiger charge is 2.05. The Morgan fingerprint density at radius 3 is 2.83 bits per heavy atom. The molecule has 2 nitrogen and oxygen atoms in total. The van der Waals surface area contributed by atoms with Crippen molar-refractivity contribution in [1.29, 1.82) is 0 Å². The predicted molar refractivity (Wildman–Crippen MR) is 102 cm³/mol. The van der Waals surface area contributed by atoms with Crippen LogP contribution in [0.25, 0.3) is 6.08 Å². The van der Waals surface area contributed by atoms with Crippen LogP contribution in [0.2, 0.25) is 0 Å². The van der Waals surface area contributed by atoms with Crippen LogP contribution in [-0.4, -0.2) is 5.91 Å². The highest BCUT2D eigenvalue weighted by atomic mass is 32.2. The van der Waals surface area contributed by atoms with E-state index in [1.165, 1.54) is 5.56 Å². The predicted octanol–water partition coefficient (Wildman–Crippen LogP) is 5.75. The van der Waals surface area contributed by atoms with E-state index in [1.807, 2.05) is 47.9 Å². The zero-order valence-electron chi connectivity index (χ0n) is 12.3. The van der Waals surface area contributed by atoms with E-state index in [1.54, 1.807) is 40.5 Å². The Bertz CT molecular complexity index is 776. The molecular formula is C18H15NOS3. The van der Waals surface area contributed by atoms with Crippen LogP contribution in [0.15, 0.2) is 69.6 Å². The average Bonchev–Trinajstić information content (AvgIpc) is 3.26. The normalized spacial score (nSPS) is 11.0. The van der Waals surface area contributed by atoms with Crippen LogP contribution in [0.5, 0.6) is 0 Å². The zero-order valence-corrected chi connectivity index (χ0v) is 14.7. The smallest absolute Gasteiger partial charge is 0.248 e. The van der Waals surface area contributed by atoms with Crippen molar-refractivity contribution >= 4 is 52.1 Å². The number of hydrogen-bond donors (Lipinski definition) is 1. The Balaban J connectivity index is 1.64. The highest BCUT2D eigenvalue weighted by Crippen LogP contribution is 2.30. The summed E-state index contributed by atoms with van der Waals surface area (Å²) in [5, 5.41) is 9.19. The molecule has 3 rings (SSSR count). The van der Waals surface area contributed by atoms with Crippen LogP contribution in [0.3, 0.4) is 0 Å². The van der Waals surface area contributed by atoms with Crippen molar-refractivity contribution in [3.63, 3.8) is 0 Å². The summed E-state index contributed by atoms with van der Waals surface area (Å²) >= 11 is 5.05. The first-order valence-electron chi connectivity index (χ1n) is 7.07. The number of nitrogens with one attached hydrogen (secondary N) is 1. The minimum Gasteiger partial charge on any atom is -0.321 e. The van der Waals surface area contributed by atoms with Gasteiger partial charge in [0.1, 0.15) is 0 Å². The van der Waals surface area contributed by atoms with Crippen LogP contribution in [0, 0.1) is 0 Å². The van der Waals surface area contributed by atoms with Gasteiger partial charge in [0.15, 0.2) is 0 Å².